The SMILES string of the molecule is CCCC(=O)c1ccc(SCC(=O)N2CCCC2)cc1. The minimum absolute atomic E-state index is 0.192. The molecule has 0 aliphatic carbocycles. The summed E-state index contributed by atoms with van der Waals surface area (Å²) in [6.45, 7) is 3.82. The molecule has 0 N–H and O–H groups in total. The van der Waals surface area contributed by atoms with E-state index in [0.29, 0.717) is 12.2 Å². The molecule has 1 heterocycles. The number of likely N-dealkylation sites (tertiary alicyclic amines) is 1. The van der Waals surface area contributed by atoms with Crippen molar-refractivity contribution in [2.24, 2.45) is 0 Å². The van der Waals surface area contributed by atoms with Gasteiger partial charge in [0.25, 0.3) is 0 Å². The zero-order valence-corrected chi connectivity index (χ0v) is 12.7. The van der Waals surface area contributed by atoms with E-state index in [2.05, 4.69) is 0 Å². The van der Waals surface area contributed by atoms with Crippen LogP contribution in [0, 0.1) is 0 Å². The summed E-state index contributed by atoms with van der Waals surface area (Å²) in [6, 6.07) is 7.59. The van der Waals surface area contributed by atoms with Gasteiger partial charge in [-0.05, 0) is 31.4 Å². The molecule has 1 saturated heterocycles. The zero-order valence-electron chi connectivity index (χ0n) is 11.9. The smallest absolute Gasteiger partial charge is 0.232 e. The van der Waals surface area contributed by atoms with Gasteiger partial charge in [-0.25, -0.2) is 0 Å². The van der Waals surface area contributed by atoms with Crippen LogP contribution in [0.3, 0.4) is 0 Å². The maximum absolute atomic E-state index is 11.9. The van der Waals surface area contributed by atoms with Gasteiger partial charge in [0.2, 0.25) is 5.91 Å². The number of benzene rings is 1. The lowest BCUT2D eigenvalue weighted by Crippen LogP contribution is -2.29. The van der Waals surface area contributed by atoms with Crippen LogP contribution in [0.5, 0.6) is 0 Å². The molecule has 108 valence electrons. The number of ketones is 1. The summed E-state index contributed by atoms with van der Waals surface area (Å²) in [4.78, 5) is 26.6. The van der Waals surface area contributed by atoms with E-state index in [1.807, 2.05) is 36.1 Å². The second-order valence-electron chi connectivity index (χ2n) is 5.07. The molecule has 1 fully saturated rings. The molecule has 0 atom stereocenters. The third-order valence-corrected chi connectivity index (χ3v) is 4.47. The number of carbonyl (C=O) groups excluding carboxylic acids is 2. The number of thioether (sulfide) groups is 1. The summed E-state index contributed by atoms with van der Waals surface area (Å²) in [5, 5.41) is 0. The highest BCUT2D eigenvalue weighted by molar-refractivity contribution is 8.00. The number of hydrogen-bond acceptors (Lipinski definition) is 3. The number of carbonyl (C=O) groups is 2. The summed E-state index contributed by atoms with van der Waals surface area (Å²) in [6.07, 6.45) is 3.73. The van der Waals surface area contributed by atoms with E-state index < -0.39 is 0 Å². The summed E-state index contributed by atoms with van der Waals surface area (Å²) < 4.78 is 0. The number of nitrogens with zero attached hydrogens (tertiary/aromatic N) is 1. The lowest BCUT2D eigenvalue weighted by molar-refractivity contribution is -0.127. The molecule has 1 aliphatic heterocycles. The quantitative estimate of drug-likeness (QED) is 0.595. The number of amides is 1. The fourth-order valence-corrected chi connectivity index (χ4v) is 3.11. The second-order valence-corrected chi connectivity index (χ2v) is 6.12. The molecule has 0 radical (unpaired) electrons. The highest BCUT2D eigenvalue weighted by Gasteiger charge is 2.17. The lowest BCUT2D eigenvalue weighted by atomic mass is 10.1. The van der Waals surface area contributed by atoms with Gasteiger partial charge in [0.1, 0.15) is 0 Å². The second kappa shape index (κ2) is 7.48. The standard InChI is InChI=1S/C16H21NO2S/c1-2-5-15(18)13-6-8-14(9-7-13)20-12-16(19)17-10-3-4-11-17/h6-9H,2-5,10-12H2,1H3. The van der Waals surface area contributed by atoms with Crippen LogP contribution in [-0.4, -0.2) is 35.4 Å². The van der Waals surface area contributed by atoms with Gasteiger partial charge in [0.05, 0.1) is 5.75 Å². The molecule has 0 saturated carbocycles. The van der Waals surface area contributed by atoms with E-state index in [4.69, 9.17) is 0 Å². The predicted molar refractivity (Wildman–Crippen MR) is 82.2 cm³/mol. The first kappa shape index (κ1) is 15.1. The molecular weight excluding hydrogens is 270 g/mol. The average molecular weight is 291 g/mol. The van der Waals surface area contributed by atoms with Crippen LogP contribution in [0.1, 0.15) is 43.0 Å². The van der Waals surface area contributed by atoms with E-state index in [1.54, 1.807) is 11.8 Å². The minimum Gasteiger partial charge on any atom is -0.342 e. The fraction of sp³-hybridized carbons (Fsp3) is 0.500. The van der Waals surface area contributed by atoms with Crippen LogP contribution in [0.2, 0.25) is 0 Å². The highest BCUT2D eigenvalue weighted by atomic mass is 32.2. The van der Waals surface area contributed by atoms with Gasteiger partial charge >= 0.3 is 0 Å². The summed E-state index contributed by atoms with van der Waals surface area (Å²) >= 11 is 1.55. The van der Waals surface area contributed by atoms with Gasteiger partial charge in [-0.2, -0.15) is 0 Å². The van der Waals surface area contributed by atoms with Crippen LogP contribution in [0.15, 0.2) is 29.2 Å². The molecule has 1 aliphatic rings. The Bertz CT molecular complexity index is 464. The van der Waals surface area contributed by atoms with Gasteiger partial charge < -0.3 is 4.90 Å². The Kier molecular flexibility index (Phi) is 5.65. The first-order valence-electron chi connectivity index (χ1n) is 7.24. The van der Waals surface area contributed by atoms with Crippen LogP contribution in [0.4, 0.5) is 0 Å². The Balaban J connectivity index is 1.84. The third-order valence-electron chi connectivity index (χ3n) is 3.47. The first-order valence-corrected chi connectivity index (χ1v) is 8.23. The van der Waals surface area contributed by atoms with E-state index in [1.165, 1.54) is 0 Å². The Morgan fingerprint density at radius 1 is 1.15 bits per heavy atom. The molecule has 20 heavy (non-hydrogen) atoms. The maximum Gasteiger partial charge on any atom is 0.232 e. The molecule has 1 aromatic rings. The van der Waals surface area contributed by atoms with Crippen molar-refractivity contribution in [1.29, 1.82) is 0 Å². The minimum atomic E-state index is 0.192. The van der Waals surface area contributed by atoms with Crippen molar-refractivity contribution in [3.8, 4) is 0 Å². The van der Waals surface area contributed by atoms with Crippen molar-refractivity contribution in [2.45, 2.75) is 37.5 Å². The Morgan fingerprint density at radius 2 is 1.80 bits per heavy atom. The topological polar surface area (TPSA) is 37.4 Å². The van der Waals surface area contributed by atoms with Gasteiger partial charge in [0, 0.05) is 30.0 Å². The molecule has 0 unspecified atom stereocenters. The molecule has 4 heteroatoms. The van der Waals surface area contributed by atoms with Crippen molar-refractivity contribution in [2.75, 3.05) is 18.8 Å². The normalized spacial score (nSPS) is 14.6. The van der Waals surface area contributed by atoms with E-state index in [0.717, 1.165) is 42.8 Å². The molecule has 3 nitrogen and oxygen atoms in total. The Labute approximate surface area is 124 Å². The van der Waals surface area contributed by atoms with Crippen LogP contribution >= 0.6 is 11.8 Å². The van der Waals surface area contributed by atoms with E-state index >= 15 is 0 Å². The Morgan fingerprint density at radius 3 is 2.40 bits per heavy atom. The number of hydrogen-bond donors (Lipinski definition) is 0. The third kappa shape index (κ3) is 4.10. The highest BCUT2D eigenvalue weighted by Crippen LogP contribution is 2.20. The Hall–Kier alpha value is -1.29. The molecule has 2 rings (SSSR count). The maximum atomic E-state index is 11.9. The average Bonchev–Trinajstić information content (AvgIpc) is 3.00. The summed E-state index contributed by atoms with van der Waals surface area (Å²) in [5.74, 6) is 0.901. The van der Waals surface area contributed by atoms with Gasteiger partial charge in [-0.15, -0.1) is 11.8 Å². The monoisotopic (exact) mass is 291 g/mol. The van der Waals surface area contributed by atoms with Crippen LogP contribution in [0.25, 0.3) is 0 Å². The van der Waals surface area contributed by atoms with Gasteiger partial charge in [-0.1, -0.05) is 19.1 Å². The lowest BCUT2D eigenvalue weighted by Gasteiger charge is -2.14. The van der Waals surface area contributed by atoms with Crippen molar-refractivity contribution in [3.05, 3.63) is 29.8 Å². The number of Topliss-reactive ketones (excluding diaryl/α,β-unsaturated/α-hetero) is 1. The zero-order chi connectivity index (χ0) is 14.4. The summed E-state index contributed by atoms with van der Waals surface area (Å²) in [5.41, 5.74) is 0.766. The van der Waals surface area contributed by atoms with Crippen molar-refractivity contribution < 1.29 is 9.59 Å². The molecule has 0 aromatic heterocycles. The first-order chi connectivity index (χ1) is 9.70. The van der Waals surface area contributed by atoms with Crippen molar-refractivity contribution in [1.82, 2.24) is 4.90 Å². The molecule has 1 amide bonds. The van der Waals surface area contributed by atoms with Gasteiger partial charge in [-0.3, -0.25) is 9.59 Å². The molecule has 0 spiro atoms. The van der Waals surface area contributed by atoms with Crippen LogP contribution < -0.4 is 0 Å². The summed E-state index contributed by atoms with van der Waals surface area (Å²) in [7, 11) is 0. The molecule has 1 aromatic carbocycles. The largest absolute Gasteiger partial charge is 0.342 e. The molecular formula is C16H21NO2S. The predicted octanol–water partition coefficient (Wildman–Crippen LogP) is 3.38. The van der Waals surface area contributed by atoms with Gasteiger partial charge in [0.15, 0.2) is 5.78 Å². The molecule has 0 bridgehead atoms. The van der Waals surface area contributed by atoms with Crippen LogP contribution in [-0.2, 0) is 4.79 Å². The van der Waals surface area contributed by atoms with Crippen molar-refractivity contribution >= 4 is 23.5 Å². The fourth-order valence-electron chi connectivity index (χ4n) is 2.31. The van der Waals surface area contributed by atoms with E-state index in [-0.39, 0.29) is 11.7 Å². The van der Waals surface area contributed by atoms with Crippen molar-refractivity contribution in [3.63, 3.8) is 0 Å². The van der Waals surface area contributed by atoms with E-state index in [9.17, 15) is 9.59 Å². The number of rotatable bonds is 6.